The third-order valence-electron chi connectivity index (χ3n) is 5.21. The van der Waals surface area contributed by atoms with Crippen molar-refractivity contribution < 1.29 is 0 Å². The maximum absolute atomic E-state index is 2.65. The first-order valence-corrected chi connectivity index (χ1v) is 25.6. The predicted octanol–water partition coefficient (Wildman–Crippen LogP) is 4.34. The van der Waals surface area contributed by atoms with E-state index in [0.29, 0.717) is 0 Å². The second kappa shape index (κ2) is 2.64. The zero-order valence-corrected chi connectivity index (χ0v) is 15.8. The molecule has 3 saturated carbocycles. The SMILES string of the molecule is [CH3][Sn]([CH3])([CH3])[C]12C[C]([Sn]([CH3])([CH3])[CH3])(C1)C2. The van der Waals surface area contributed by atoms with Crippen LogP contribution in [0.1, 0.15) is 19.3 Å². The summed E-state index contributed by atoms with van der Waals surface area (Å²) in [6, 6.07) is 0. The molecule has 0 aromatic rings. The fraction of sp³-hybridized carbons (Fsp3) is 1.00. The van der Waals surface area contributed by atoms with Gasteiger partial charge in [0, 0.05) is 0 Å². The molecule has 0 aromatic heterocycles. The molecule has 0 amide bonds. The molecule has 0 atom stereocenters. The number of rotatable bonds is 2. The van der Waals surface area contributed by atoms with Crippen molar-refractivity contribution in [3.05, 3.63) is 0 Å². The zero-order chi connectivity index (χ0) is 10.1. The second-order valence-corrected chi connectivity index (χ2v) is 39.3. The van der Waals surface area contributed by atoms with Gasteiger partial charge in [0.05, 0.1) is 0 Å². The summed E-state index contributed by atoms with van der Waals surface area (Å²) >= 11 is -3.08. The van der Waals surface area contributed by atoms with E-state index in [9.17, 15) is 0 Å². The molecular weight excluding hydrogens is 370 g/mol. The summed E-state index contributed by atoms with van der Waals surface area (Å²) in [5.41, 5.74) is 0. The quantitative estimate of drug-likeness (QED) is 0.612. The first kappa shape index (κ1) is 11.1. The molecule has 0 nitrogen and oxygen atoms in total. The van der Waals surface area contributed by atoms with Crippen molar-refractivity contribution in [2.75, 3.05) is 0 Å². The Morgan fingerprint density at radius 2 is 0.846 bits per heavy atom. The van der Waals surface area contributed by atoms with Crippen molar-refractivity contribution in [2.45, 2.75) is 55.8 Å². The molecule has 2 bridgehead atoms. The molecule has 3 rings (SSSR count). The van der Waals surface area contributed by atoms with E-state index in [4.69, 9.17) is 0 Å². The molecule has 0 spiro atoms. The molecule has 0 radical (unpaired) electrons. The van der Waals surface area contributed by atoms with Gasteiger partial charge in [0.2, 0.25) is 0 Å². The molecule has 0 unspecified atom stereocenters. The molecule has 3 aliphatic carbocycles. The fourth-order valence-electron chi connectivity index (χ4n) is 3.38. The Kier molecular flexibility index (Phi) is 2.25. The van der Waals surface area contributed by atoms with E-state index in [-0.39, 0.29) is 0 Å². The third kappa shape index (κ3) is 1.29. The van der Waals surface area contributed by atoms with Crippen LogP contribution in [0.5, 0.6) is 0 Å². The molecule has 0 aliphatic heterocycles. The van der Waals surface area contributed by atoms with Gasteiger partial charge in [0.1, 0.15) is 0 Å². The molecule has 0 aromatic carbocycles. The molecule has 0 heterocycles. The molecule has 76 valence electrons. The molecule has 0 saturated heterocycles. The minimum atomic E-state index is -1.54. The van der Waals surface area contributed by atoms with Gasteiger partial charge < -0.3 is 0 Å². The van der Waals surface area contributed by atoms with Crippen molar-refractivity contribution in [2.24, 2.45) is 0 Å². The van der Waals surface area contributed by atoms with Gasteiger partial charge in [0.15, 0.2) is 0 Å². The summed E-state index contributed by atoms with van der Waals surface area (Å²) < 4.78 is 1.97. The summed E-state index contributed by atoms with van der Waals surface area (Å²) in [5.74, 6) is 0. The average Bonchev–Trinajstić information content (AvgIpc) is 1.41. The molecular formula is C11H24Sn2. The monoisotopic (exact) mass is 396 g/mol. The van der Waals surface area contributed by atoms with Crippen LogP contribution in [0, 0.1) is 0 Å². The standard InChI is InChI=1S/C5H6.6CH3.2Sn/c1-4-2-5(1)3-4;;;;;;;;/h1-3H2;6*1H3;;. The van der Waals surface area contributed by atoms with Gasteiger partial charge in [-0.3, -0.25) is 0 Å². The summed E-state index contributed by atoms with van der Waals surface area (Å²) in [6.45, 7) is 0. The van der Waals surface area contributed by atoms with Gasteiger partial charge in [-0.25, -0.2) is 0 Å². The zero-order valence-electron chi connectivity index (χ0n) is 10.1. The Hall–Kier alpha value is 1.60. The minimum absolute atomic E-state index is 0.985. The Balaban J connectivity index is 2.09. The summed E-state index contributed by atoms with van der Waals surface area (Å²) in [7, 11) is 0. The van der Waals surface area contributed by atoms with E-state index in [1.54, 1.807) is 19.3 Å². The van der Waals surface area contributed by atoms with Crippen LogP contribution in [-0.2, 0) is 0 Å². The second-order valence-electron chi connectivity index (χ2n) is 7.59. The first-order valence-electron chi connectivity index (χ1n) is 5.62. The molecule has 3 aliphatic rings. The Labute approximate surface area is 91.6 Å². The third-order valence-corrected chi connectivity index (χ3v) is 26.4. The summed E-state index contributed by atoms with van der Waals surface area (Å²) in [5, 5.41) is 0. The van der Waals surface area contributed by atoms with Crippen LogP contribution in [0.2, 0.25) is 36.5 Å². The maximum atomic E-state index is 2.65. The van der Waals surface area contributed by atoms with E-state index < -0.39 is 36.8 Å². The van der Waals surface area contributed by atoms with Gasteiger partial charge in [-0.2, -0.15) is 0 Å². The van der Waals surface area contributed by atoms with E-state index in [1.165, 1.54) is 0 Å². The van der Waals surface area contributed by atoms with Gasteiger partial charge in [0.25, 0.3) is 0 Å². The van der Waals surface area contributed by atoms with Crippen LogP contribution in [0.3, 0.4) is 0 Å². The van der Waals surface area contributed by atoms with Crippen LogP contribution in [0.4, 0.5) is 0 Å². The summed E-state index contributed by atoms with van der Waals surface area (Å²) in [4.78, 5) is 15.9. The van der Waals surface area contributed by atoms with Crippen LogP contribution in [0.25, 0.3) is 0 Å². The molecule has 0 N–H and O–H groups in total. The number of hydrogen-bond acceptors (Lipinski definition) is 0. The topological polar surface area (TPSA) is 0 Å². The molecule has 2 heteroatoms. The van der Waals surface area contributed by atoms with Crippen molar-refractivity contribution >= 4 is 36.8 Å². The van der Waals surface area contributed by atoms with Crippen LogP contribution in [0.15, 0.2) is 0 Å². The number of hydrogen-bond donors (Lipinski definition) is 0. The first-order chi connectivity index (χ1) is 5.62. The Bertz CT molecular complexity index is 198. The van der Waals surface area contributed by atoms with Gasteiger partial charge >= 0.3 is 92.5 Å². The Morgan fingerprint density at radius 3 is 1.00 bits per heavy atom. The van der Waals surface area contributed by atoms with Crippen LogP contribution < -0.4 is 0 Å². The molecule has 13 heavy (non-hydrogen) atoms. The predicted molar refractivity (Wildman–Crippen MR) is 65.9 cm³/mol. The van der Waals surface area contributed by atoms with Crippen molar-refractivity contribution in [3.8, 4) is 0 Å². The van der Waals surface area contributed by atoms with E-state index in [1.807, 2.05) is 0 Å². The fourth-order valence-corrected chi connectivity index (χ4v) is 22.6. The van der Waals surface area contributed by atoms with E-state index in [2.05, 4.69) is 29.6 Å². The summed E-state index contributed by atoms with van der Waals surface area (Å²) in [6.07, 6.45) is 5.04. The normalized spacial score (nSPS) is 43.8. The van der Waals surface area contributed by atoms with Gasteiger partial charge in [-0.15, -0.1) is 0 Å². The van der Waals surface area contributed by atoms with Crippen LogP contribution >= 0.6 is 0 Å². The van der Waals surface area contributed by atoms with Crippen LogP contribution in [-0.4, -0.2) is 36.8 Å². The van der Waals surface area contributed by atoms with E-state index in [0.717, 1.165) is 6.86 Å². The van der Waals surface area contributed by atoms with Crippen molar-refractivity contribution in [1.82, 2.24) is 0 Å². The van der Waals surface area contributed by atoms with Gasteiger partial charge in [-0.1, -0.05) is 0 Å². The van der Waals surface area contributed by atoms with Crippen molar-refractivity contribution in [1.29, 1.82) is 0 Å². The van der Waals surface area contributed by atoms with Gasteiger partial charge in [-0.05, 0) is 0 Å². The Morgan fingerprint density at radius 1 is 0.615 bits per heavy atom. The van der Waals surface area contributed by atoms with E-state index >= 15 is 0 Å². The average molecular weight is 394 g/mol. The van der Waals surface area contributed by atoms with Crippen molar-refractivity contribution in [3.63, 3.8) is 0 Å². The molecule has 3 fully saturated rings.